The molecule has 154 valence electrons. The summed E-state index contributed by atoms with van der Waals surface area (Å²) in [6.07, 6.45) is 12.6. The molecule has 3 rings (SSSR count). The van der Waals surface area contributed by atoms with E-state index in [1.54, 1.807) is 0 Å². The van der Waals surface area contributed by atoms with Crippen molar-refractivity contribution in [3.63, 3.8) is 0 Å². The average molecular weight is 385 g/mol. The summed E-state index contributed by atoms with van der Waals surface area (Å²) in [7, 11) is 0. The van der Waals surface area contributed by atoms with Crippen LogP contribution >= 0.6 is 0 Å². The molecular formula is C24H36N2O2. The van der Waals surface area contributed by atoms with Gasteiger partial charge >= 0.3 is 5.97 Å². The second-order valence-electron chi connectivity index (χ2n) is 8.64. The molecule has 0 spiro atoms. The normalized spacial score (nSPS) is 21.0. The van der Waals surface area contributed by atoms with Crippen molar-refractivity contribution < 1.29 is 9.53 Å². The van der Waals surface area contributed by atoms with Gasteiger partial charge in [0.1, 0.15) is 0 Å². The molecule has 1 heterocycles. The number of anilines is 1. The van der Waals surface area contributed by atoms with E-state index < -0.39 is 0 Å². The third-order valence-corrected chi connectivity index (χ3v) is 6.44. The van der Waals surface area contributed by atoms with Gasteiger partial charge in [0.05, 0.1) is 6.61 Å². The monoisotopic (exact) mass is 384 g/mol. The summed E-state index contributed by atoms with van der Waals surface area (Å²) in [5.74, 6) is -0.289. The van der Waals surface area contributed by atoms with Crippen LogP contribution in [-0.2, 0) is 9.53 Å². The second-order valence-corrected chi connectivity index (χ2v) is 8.64. The molecule has 1 aromatic rings. The van der Waals surface area contributed by atoms with Crippen LogP contribution in [0.4, 0.5) is 5.69 Å². The Bertz CT molecular complexity index is 684. The van der Waals surface area contributed by atoms with Crippen LogP contribution in [0.5, 0.6) is 0 Å². The van der Waals surface area contributed by atoms with Gasteiger partial charge in [0.25, 0.3) is 0 Å². The van der Waals surface area contributed by atoms with Crippen molar-refractivity contribution in [1.82, 2.24) is 4.90 Å². The molecule has 1 saturated carbocycles. The van der Waals surface area contributed by atoms with Crippen LogP contribution in [0.2, 0.25) is 0 Å². The zero-order valence-electron chi connectivity index (χ0n) is 17.8. The van der Waals surface area contributed by atoms with Crippen molar-refractivity contribution in [3.05, 3.63) is 35.4 Å². The number of rotatable bonds is 6. The molecule has 4 nitrogen and oxygen atoms in total. The van der Waals surface area contributed by atoms with Crippen LogP contribution in [-0.4, -0.2) is 42.1 Å². The van der Waals surface area contributed by atoms with Gasteiger partial charge in [-0.2, -0.15) is 0 Å². The van der Waals surface area contributed by atoms with Gasteiger partial charge in [-0.15, -0.1) is 0 Å². The van der Waals surface area contributed by atoms with Crippen molar-refractivity contribution >= 4 is 17.7 Å². The standard InChI is InChI=1S/C24H36N2O2/c1-4-28-23(27)11-10-20-9-8-19(2)18-22(20)25-21-12-16-26(17-13-21)24(3)14-6-5-7-15-24/h8-11,18,21,25H,4-7,12-17H2,1-3H3. The quantitative estimate of drug-likeness (QED) is 0.543. The Hall–Kier alpha value is -1.81. The maximum atomic E-state index is 11.7. The van der Waals surface area contributed by atoms with Gasteiger partial charge in [0.15, 0.2) is 0 Å². The minimum Gasteiger partial charge on any atom is -0.463 e. The number of benzene rings is 1. The number of nitrogens with one attached hydrogen (secondary N) is 1. The zero-order valence-corrected chi connectivity index (χ0v) is 17.8. The first-order valence-corrected chi connectivity index (χ1v) is 11.0. The lowest BCUT2D eigenvalue weighted by Crippen LogP contribution is -2.52. The van der Waals surface area contributed by atoms with Crippen LogP contribution in [0.25, 0.3) is 6.08 Å². The average Bonchev–Trinajstić information content (AvgIpc) is 2.69. The highest BCUT2D eigenvalue weighted by Crippen LogP contribution is 2.35. The molecule has 28 heavy (non-hydrogen) atoms. The van der Waals surface area contributed by atoms with Gasteiger partial charge in [-0.1, -0.05) is 31.4 Å². The topological polar surface area (TPSA) is 41.6 Å². The smallest absolute Gasteiger partial charge is 0.330 e. The molecule has 2 aliphatic rings. The summed E-state index contributed by atoms with van der Waals surface area (Å²) in [6.45, 7) is 9.15. The van der Waals surface area contributed by atoms with Gasteiger partial charge in [0, 0.05) is 36.4 Å². The fourth-order valence-electron chi connectivity index (χ4n) is 4.70. The Kier molecular flexibility index (Phi) is 7.17. The number of piperidine rings is 1. The highest BCUT2D eigenvalue weighted by atomic mass is 16.5. The molecule has 0 unspecified atom stereocenters. The van der Waals surface area contributed by atoms with Crippen LogP contribution in [0.1, 0.15) is 69.9 Å². The molecule has 1 saturated heterocycles. The van der Waals surface area contributed by atoms with Crippen LogP contribution in [0.3, 0.4) is 0 Å². The molecule has 1 aromatic carbocycles. The van der Waals surface area contributed by atoms with Gasteiger partial charge in [-0.05, 0) is 69.7 Å². The lowest BCUT2D eigenvalue weighted by Gasteiger charge is -2.47. The SMILES string of the molecule is CCOC(=O)C=Cc1ccc(C)cc1NC1CCN(C2(C)CCCCC2)CC1. The molecular weight excluding hydrogens is 348 g/mol. The highest BCUT2D eigenvalue weighted by Gasteiger charge is 2.35. The molecule has 1 aliphatic carbocycles. The summed E-state index contributed by atoms with van der Waals surface area (Å²) in [4.78, 5) is 14.4. The Morgan fingerprint density at radius 2 is 1.96 bits per heavy atom. The first-order valence-electron chi connectivity index (χ1n) is 11.0. The first kappa shape index (κ1) is 20.9. The van der Waals surface area contributed by atoms with E-state index in [9.17, 15) is 4.79 Å². The van der Waals surface area contributed by atoms with E-state index in [1.165, 1.54) is 69.7 Å². The third kappa shape index (κ3) is 5.38. The largest absolute Gasteiger partial charge is 0.463 e. The number of esters is 1. The van der Waals surface area contributed by atoms with Crippen molar-refractivity contribution in [2.75, 3.05) is 25.0 Å². The predicted octanol–water partition coefficient (Wildman–Crippen LogP) is 5.17. The van der Waals surface area contributed by atoms with Crippen molar-refractivity contribution in [2.24, 2.45) is 0 Å². The number of carbonyl (C=O) groups is 1. The van der Waals surface area contributed by atoms with E-state index in [2.05, 4.69) is 42.3 Å². The number of ether oxygens (including phenoxy) is 1. The van der Waals surface area contributed by atoms with E-state index in [0.717, 1.165) is 11.3 Å². The number of carbonyl (C=O) groups excluding carboxylic acids is 1. The van der Waals surface area contributed by atoms with Gasteiger partial charge < -0.3 is 10.1 Å². The summed E-state index contributed by atoms with van der Waals surface area (Å²) < 4.78 is 5.00. The lowest BCUT2D eigenvalue weighted by molar-refractivity contribution is -0.137. The van der Waals surface area contributed by atoms with Crippen LogP contribution in [0, 0.1) is 6.92 Å². The Labute approximate surface area is 170 Å². The van der Waals surface area contributed by atoms with Crippen LogP contribution in [0.15, 0.2) is 24.3 Å². The minimum absolute atomic E-state index is 0.289. The molecule has 0 aromatic heterocycles. The number of hydrogen-bond acceptors (Lipinski definition) is 4. The van der Waals surface area contributed by atoms with E-state index in [4.69, 9.17) is 4.74 Å². The molecule has 1 N–H and O–H groups in total. The summed E-state index contributed by atoms with van der Waals surface area (Å²) in [5, 5.41) is 3.75. The summed E-state index contributed by atoms with van der Waals surface area (Å²) in [5.41, 5.74) is 3.80. The van der Waals surface area contributed by atoms with E-state index >= 15 is 0 Å². The molecule has 0 amide bonds. The third-order valence-electron chi connectivity index (χ3n) is 6.44. The van der Waals surface area contributed by atoms with Crippen molar-refractivity contribution in [2.45, 2.75) is 77.3 Å². The molecule has 1 aliphatic heterocycles. The molecule has 0 atom stereocenters. The molecule has 2 fully saturated rings. The van der Waals surface area contributed by atoms with Gasteiger partial charge in [-0.3, -0.25) is 4.90 Å². The van der Waals surface area contributed by atoms with Gasteiger partial charge in [-0.25, -0.2) is 4.79 Å². The Morgan fingerprint density at radius 1 is 1.25 bits per heavy atom. The molecule has 0 bridgehead atoms. The minimum atomic E-state index is -0.289. The molecule has 4 heteroatoms. The first-order chi connectivity index (χ1) is 13.5. The zero-order chi connectivity index (χ0) is 20.0. The summed E-state index contributed by atoms with van der Waals surface area (Å²) >= 11 is 0. The fourth-order valence-corrected chi connectivity index (χ4v) is 4.70. The van der Waals surface area contributed by atoms with Crippen molar-refractivity contribution in [3.8, 4) is 0 Å². The van der Waals surface area contributed by atoms with Crippen molar-refractivity contribution in [1.29, 1.82) is 0 Å². The van der Waals surface area contributed by atoms with E-state index in [-0.39, 0.29) is 5.97 Å². The molecule has 0 radical (unpaired) electrons. The van der Waals surface area contributed by atoms with Crippen LogP contribution < -0.4 is 5.32 Å². The number of aryl methyl sites for hydroxylation is 1. The number of hydrogen-bond donors (Lipinski definition) is 1. The Morgan fingerprint density at radius 3 is 2.64 bits per heavy atom. The second kappa shape index (κ2) is 9.60. The maximum absolute atomic E-state index is 11.7. The van der Waals surface area contributed by atoms with Gasteiger partial charge in [0.2, 0.25) is 0 Å². The van der Waals surface area contributed by atoms with E-state index in [1.807, 2.05) is 13.0 Å². The Balaban J connectivity index is 1.61. The van der Waals surface area contributed by atoms with E-state index in [0.29, 0.717) is 18.2 Å². The predicted molar refractivity (Wildman–Crippen MR) is 117 cm³/mol. The fraction of sp³-hybridized carbons (Fsp3) is 0.625. The highest BCUT2D eigenvalue weighted by molar-refractivity contribution is 5.88. The number of likely N-dealkylation sites (tertiary alicyclic amines) is 1. The lowest BCUT2D eigenvalue weighted by atomic mass is 9.80. The number of nitrogens with zero attached hydrogens (tertiary/aromatic N) is 1. The maximum Gasteiger partial charge on any atom is 0.330 e. The summed E-state index contributed by atoms with van der Waals surface area (Å²) in [6, 6.07) is 6.83.